The molecule has 0 saturated carbocycles. The third kappa shape index (κ3) is 7.37. The van der Waals surface area contributed by atoms with Gasteiger partial charge in [-0.1, -0.05) is 19.8 Å². The van der Waals surface area contributed by atoms with Gasteiger partial charge < -0.3 is 10.6 Å². The molecule has 17 heavy (non-hydrogen) atoms. The highest BCUT2D eigenvalue weighted by molar-refractivity contribution is 5.75. The highest BCUT2D eigenvalue weighted by Gasteiger charge is 2.12. The van der Waals surface area contributed by atoms with Crippen LogP contribution in [-0.4, -0.2) is 25.5 Å². The van der Waals surface area contributed by atoms with Crippen LogP contribution in [0.2, 0.25) is 0 Å². The van der Waals surface area contributed by atoms with Crippen molar-refractivity contribution >= 4 is 5.91 Å². The molecule has 1 atom stereocenters. The van der Waals surface area contributed by atoms with Crippen molar-refractivity contribution in [3.8, 4) is 0 Å². The van der Waals surface area contributed by atoms with Gasteiger partial charge in [0.2, 0.25) is 5.91 Å². The minimum Gasteiger partial charge on any atom is -0.356 e. The Morgan fingerprint density at radius 1 is 1.35 bits per heavy atom. The van der Waals surface area contributed by atoms with Gasteiger partial charge in [0, 0.05) is 13.0 Å². The first kappa shape index (κ1) is 14.5. The third-order valence-electron chi connectivity index (χ3n) is 3.41. The molecule has 3 nitrogen and oxygen atoms in total. The van der Waals surface area contributed by atoms with E-state index < -0.39 is 0 Å². The first-order chi connectivity index (χ1) is 8.33. The van der Waals surface area contributed by atoms with Crippen LogP contribution in [0.3, 0.4) is 0 Å². The molecule has 1 unspecified atom stereocenters. The van der Waals surface area contributed by atoms with E-state index in [2.05, 4.69) is 17.6 Å². The van der Waals surface area contributed by atoms with E-state index in [1.807, 2.05) is 0 Å². The summed E-state index contributed by atoms with van der Waals surface area (Å²) in [4.78, 5) is 11.4. The van der Waals surface area contributed by atoms with Gasteiger partial charge in [-0.05, 0) is 51.1 Å². The lowest BCUT2D eigenvalue weighted by Crippen LogP contribution is -2.29. The first-order valence-electron chi connectivity index (χ1n) is 7.09. The lowest BCUT2D eigenvalue weighted by atomic mass is 9.93. The van der Waals surface area contributed by atoms with E-state index in [1.165, 1.54) is 38.8 Å². The van der Waals surface area contributed by atoms with Crippen LogP contribution < -0.4 is 10.6 Å². The predicted octanol–water partition coefficient (Wildman–Crippen LogP) is 2.28. The largest absolute Gasteiger partial charge is 0.356 e. The maximum absolute atomic E-state index is 11.4. The highest BCUT2D eigenvalue weighted by atomic mass is 16.1. The number of carbonyl (C=O) groups is 1. The number of unbranched alkanes of at least 4 members (excludes halogenated alkanes) is 2. The van der Waals surface area contributed by atoms with Crippen LogP contribution in [-0.2, 0) is 4.79 Å². The standard InChI is InChI=1S/C14H27N2O/c1-2-3-11-16-14(17)9-5-4-7-13-8-6-10-15-12-13/h13,15H,1-12H2,(H,16,17). The third-order valence-corrected chi connectivity index (χ3v) is 3.41. The van der Waals surface area contributed by atoms with E-state index in [4.69, 9.17) is 0 Å². The maximum atomic E-state index is 11.4. The van der Waals surface area contributed by atoms with Gasteiger partial charge in [-0.25, -0.2) is 0 Å². The van der Waals surface area contributed by atoms with Crippen LogP contribution in [0.1, 0.15) is 51.4 Å². The van der Waals surface area contributed by atoms with E-state index in [0.29, 0.717) is 6.42 Å². The zero-order valence-electron chi connectivity index (χ0n) is 11.0. The van der Waals surface area contributed by atoms with Crippen molar-refractivity contribution in [1.29, 1.82) is 0 Å². The number of hydrogen-bond donors (Lipinski definition) is 2. The van der Waals surface area contributed by atoms with Crippen LogP contribution in [0.25, 0.3) is 0 Å². The van der Waals surface area contributed by atoms with Crippen molar-refractivity contribution in [3.05, 3.63) is 6.92 Å². The van der Waals surface area contributed by atoms with E-state index in [0.717, 1.165) is 31.7 Å². The average molecular weight is 239 g/mol. The van der Waals surface area contributed by atoms with Crippen molar-refractivity contribution in [2.24, 2.45) is 5.92 Å². The van der Waals surface area contributed by atoms with Gasteiger partial charge >= 0.3 is 0 Å². The van der Waals surface area contributed by atoms with Gasteiger partial charge in [-0.3, -0.25) is 4.79 Å². The number of hydrogen-bond acceptors (Lipinski definition) is 2. The zero-order valence-corrected chi connectivity index (χ0v) is 11.0. The van der Waals surface area contributed by atoms with Crippen molar-refractivity contribution in [1.82, 2.24) is 10.6 Å². The Labute approximate surface area is 106 Å². The monoisotopic (exact) mass is 239 g/mol. The van der Waals surface area contributed by atoms with Gasteiger partial charge in [0.1, 0.15) is 0 Å². The van der Waals surface area contributed by atoms with Crippen LogP contribution >= 0.6 is 0 Å². The molecule has 0 spiro atoms. The zero-order chi connectivity index (χ0) is 12.3. The summed E-state index contributed by atoms with van der Waals surface area (Å²) in [6, 6.07) is 0. The molecule has 1 fully saturated rings. The van der Waals surface area contributed by atoms with Gasteiger partial charge in [-0.15, -0.1) is 0 Å². The number of nitrogens with one attached hydrogen (secondary N) is 2. The molecule has 1 radical (unpaired) electrons. The molecule has 0 aliphatic carbocycles. The van der Waals surface area contributed by atoms with E-state index >= 15 is 0 Å². The Balaban J connectivity index is 1.90. The second-order valence-corrected chi connectivity index (χ2v) is 5.02. The van der Waals surface area contributed by atoms with Crippen molar-refractivity contribution in [2.45, 2.75) is 51.4 Å². The molecule has 1 aliphatic heterocycles. The molecule has 1 saturated heterocycles. The van der Waals surface area contributed by atoms with Crippen LogP contribution in [0.5, 0.6) is 0 Å². The molecule has 0 bridgehead atoms. The smallest absolute Gasteiger partial charge is 0.219 e. The summed E-state index contributed by atoms with van der Waals surface area (Å²) in [6.07, 6.45) is 8.76. The summed E-state index contributed by atoms with van der Waals surface area (Å²) in [5, 5.41) is 6.36. The molecule has 2 N–H and O–H groups in total. The molecular formula is C14H27N2O. The maximum Gasteiger partial charge on any atom is 0.219 e. The summed E-state index contributed by atoms with van der Waals surface area (Å²) in [6.45, 7) is 6.90. The summed E-state index contributed by atoms with van der Waals surface area (Å²) in [5.74, 6) is 1.05. The lowest BCUT2D eigenvalue weighted by Gasteiger charge is -2.22. The fourth-order valence-electron chi connectivity index (χ4n) is 2.33. The predicted molar refractivity (Wildman–Crippen MR) is 71.7 cm³/mol. The fourth-order valence-corrected chi connectivity index (χ4v) is 2.33. The van der Waals surface area contributed by atoms with Crippen molar-refractivity contribution in [3.63, 3.8) is 0 Å². The summed E-state index contributed by atoms with van der Waals surface area (Å²) in [7, 11) is 0. The summed E-state index contributed by atoms with van der Waals surface area (Å²) >= 11 is 0. The van der Waals surface area contributed by atoms with Crippen LogP contribution in [0.15, 0.2) is 0 Å². The van der Waals surface area contributed by atoms with Gasteiger partial charge in [-0.2, -0.15) is 0 Å². The van der Waals surface area contributed by atoms with Crippen molar-refractivity contribution in [2.75, 3.05) is 19.6 Å². The van der Waals surface area contributed by atoms with E-state index in [9.17, 15) is 4.79 Å². The normalized spacial score (nSPS) is 20.2. The molecule has 3 heteroatoms. The molecule has 1 heterocycles. The fraction of sp³-hybridized carbons (Fsp3) is 0.857. The number of rotatable bonds is 8. The second kappa shape index (κ2) is 9.46. The van der Waals surface area contributed by atoms with Crippen molar-refractivity contribution < 1.29 is 4.79 Å². The van der Waals surface area contributed by atoms with Gasteiger partial charge in [0.05, 0.1) is 0 Å². The van der Waals surface area contributed by atoms with Crippen LogP contribution in [0.4, 0.5) is 0 Å². The molecule has 0 aromatic rings. The molecule has 0 aromatic heterocycles. The Bertz CT molecular complexity index is 200. The van der Waals surface area contributed by atoms with Gasteiger partial charge in [0.25, 0.3) is 0 Å². The molecule has 0 aromatic carbocycles. The summed E-state index contributed by atoms with van der Waals surface area (Å²) in [5.41, 5.74) is 0. The lowest BCUT2D eigenvalue weighted by molar-refractivity contribution is -0.121. The molecule has 1 amide bonds. The Kier molecular flexibility index (Phi) is 8.06. The summed E-state index contributed by atoms with van der Waals surface area (Å²) < 4.78 is 0. The number of piperidine rings is 1. The molecular weight excluding hydrogens is 212 g/mol. The van der Waals surface area contributed by atoms with E-state index in [1.54, 1.807) is 0 Å². The molecule has 1 rings (SSSR count). The molecule has 99 valence electrons. The Morgan fingerprint density at radius 2 is 2.24 bits per heavy atom. The number of amides is 1. The SMILES string of the molecule is [CH2]CCCNC(=O)CCCCC1CCCNC1. The minimum absolute atomic E-state index is 0.209. The number of carbonyl (C=O) groups excluding carboxylic acids is 1. The van der Waals surface area contributed by atoms with E-state index in [-0.39, 0.29) is 5.91 Å². The molecule has 1 aliphatic rings. The Hall–Kier alpha value is -0.570. The topological polar surface area (TPSA) is 41.1 Å². The van der Waals surface area contributed by atoms with Gasteiger partial charge in [0.15, 0.2) is 0 Å². The quantitative estimate of drug-likeness (QED) is 0.638. The second-order valence-electron chi connectivity index (χ2n) is 5.02. The minimum atomic E-state index is 0.209. The first-order valence-corrected chi connectivity index (χ1v) is 7.09. The Morgan fingerprint density at radius 3 is 2.94 bits per heavy atom. The highest BCUT2D eigenvalue weighted by Crippen LogP contribution is 2.17. The van der Waals surface area contributed by atoms with Crippen LogP contribution in [0, 0.1) is 12.8 Å². The average Bonchev–Trinajstić information content (AvgIpc) is 2.36.